The van der Waals surface area contributed by atoms with Crippen molar-refractivity contribution in [3.8, 4) is 5.75 Å². The third kappa shape index (κ3) is 3.63. The second-order valence-corrected chi connectivity index (χ2v) is 5.80. The van der Waals surface area contributed by atoms with Crippen molar-refractivity contribution in [2.24, 2.45) is 0 Å². The summed E-state index contributed by atoms with van der Waals surface area (Å²) in [5.41, 5.74) is 0.650. The third-order valence-corrected chi connectivity index (χ3v) is 4.06. The molecule has 0 saturated heterocycles. The van der Waals surface area contributed by atoms with E-state index in [1.807, 2.05) is 0 Å². The predicted molar refractivity (Wildman–Crippen MR) is 87.9 cm³/mol. The molecule has 0 atom stereocenters. The van der Waals surface area contributed by atoms with Crippen molar-refractivity contribution in [1.82, 2.24) is 5.32 Å². The Bertz CT molecular complexity index is 878. The van der Waals surface area contributed by atoms with E-state index in [2.05, 4.69) is 10.6 Å². The van der Waals surface area contributed by atoms with Gasteiger partial charge in [-0.1, -0.05) is 12.1 Å². The van der Waals surface area contributed by atoms with Crippen LogP contribution in [0.3, 0.4) is 0 Å². The SMILES string of the molecule is COc1ccc(CNC(=O)c2ccc3c(c2)NC(=O)C3)c(C(F)(F)F)c1. The van der Waals surface area contributed by atoms with Crippen LogP contribution in [0, 0.1) is 0 Å². The van der Waals surface area contributed by atoms with Gasteiger partial charge < -0.3 is 15.4 Å². The highest BCUT2D eigenvalue weighted by Crippen LogP contribution is 2.34. The molecule has 1 heterocycles. The molecule has 0 spiro atoms. The molecule has 136 valence electrons. The predicted octanol–water partition coefficient (Wildman–Crippen LogP) is 3.14. The summed E-state index contributed by atoms with van der Waals surface area (Å²) in [6.07, 6.45) is -4.32. The van der Waals surface area contributed by atoms with Crippen LogP contribution < -0.4 is 15.4 Å². The topological polar surface area (TPSA) is 67.4 Å². The molecule has 2 amide bonds. The number of nitrogens with one attached hydrogen (secondary N) is 2. The summed E-state index contributed by atoms with van der Waals surface area (Å²) in [6, 6.07) is 8.26. The van der Waals surface area contributed by atoms with Crippen molar-refractivity contribution in [3.05, 3.63) is 58.7 Å². The van der Waals surface area contributed by atoms with Crippen molar-refractivity contribution >= 4 is 17.5 Å². The molecule has 26 heavy (non-hydrogen) atoms. The zero-order valence-electron chi connectivity index (χ0n) is 13.7. The molecule has 0 radical (unpaired) electrons. The molecule has 0 unspecified atom stereocenters. The summed E-state index contributed by atoms with van der Waals surface area (Å²) in [5, 5.41) is 5.10. The largest absolute Gasteiger partial charge is 0.497 e. The summed E-state index contributed by atoms with van der Waals surface area (Å²) in [6.45, 7) is -0.291. The van der Waals surface area contributed by atoms with Crippen LogP contribution in [-0.4, -0.2) is 18.9 Å². The second kappa shape index (κ2) is 6.70. The number of carbonyl (C=O) groups excluding carboxylic acids is 2. The van der Waals surface area contributed by atoms with Gasteiger partial charge in [0.15, 0.2) is 0 Å². The number of benzene rings is 2. The van der Waals surface area contributed by atoms with Crippen LogP contribution in [0.5, 0.6) is 5.75 Å². The molecule has 2 N–H and O–H groups in total. The number of rotatable bonds is 4. The van der Waals surface area contributed by atoms with Gasteiger partial charge in [-0.2, -0.15) is 13.2 Å². The molecule has 0 aliphatic carbocycles. The average Bonchev–Trinajstić information content (AvgIpc) is 2.97. The molecule has 5 nitrogen and oxygen atoms in total. The van der Waals surface area contributed by atoms with Crippen LogP contribution in [0.25, 0.3) is 0 Å². The lowest BCUT2D eigenvalue weighted by molar-refractivity contribution is -0.138. The van der Waals surface area contributed by atoms with Crippen LogP contribution in [0.15, 0.2) is 36.4 Å². The number of hydrogen-bond acceptors (Lipinski definition) is 3. The van der Waals surface area contributed by atoms with Crippen molar-refractivity contribution < 1.29 is 27.5 Å². The zero-order chi connectivity index (χ0) is 18.9. The van der Waals surface area contributed by atoms with Gasteiger partial charge in [0.05, 0.1) is 19.1 Å². The molecule has 0 saturated carbocycles. The van der Waals surface area contributed by atoms with Crippen LogP contribution in [0.2, 0.25) is 0 Å². The summed E-state index contributed by atoms with van der Waals surface area (Å²) < 4.78 is 44.4. The Balaban J connectivity index is 1.76. The summed E-state index contributed by atoms with van der Waals surface area (Å²) in [7, 11) is 1.28. The molecule has 2 aromatic carbocycles. The van der Waals surface area contributed by atoms with Crippen molar-refractivity contribution in [2.75, 3.05) is 12.4 Å². The minimum Gasteiger partial charge on any atom is -0.497 e. The van der Waals surface area contributed by atoms with Gasteiger partial charge >= 0.3 is 6.18 Å². The first kappa shape index (κ1) is 17.8. The minimum atomic E-state index is -4.56. The maximum absolute atomic E-state index is 13.2. The molecular weight excluding hydrogens is 349 g/mol. The smallest absolute Gasteiger partial charge is 0.416 e. The Morgan fingerprint density at radius 3 is 2.69 bits per heavy atom. The van der Waals surface area contributed by atoms with Crippen molar-refractivity contribution in [1.29, 1.82) is 0 Å². The number of alkyl halides is 3. The Hall–Kier alpha value is -3.03. The van der Waals surface area contributed by atoms with Gasteiger partial charge in [-0.25, -0.2) is 0 Å². The van der Waals surface area contributed by atoms with Gasteiger partial charge in [-0.3, -0.25) is 9.59 Å². The first-order chi connectivity index (χ1) is 12.3. The van der Waals surface area contributed by atoms with Crippen LogP contribution in [-0.2, 0) is 23.9 Å². The first-order valence-electron chi connectivity index (χ1n) is 7.73. The van der Waals surface area contributed by atoms with Crippen molar-refractivity contribution in [3.63, 3.8) is 0 Å². The van der Waals surface area contributed by atoms with E-state index in [0.29, 0.717) is 5.69 Å². The Kier molecular flexibility index (Phi) is 4.58. The molecule has 0 aromatic heterocycles. The highest BCUT2D eigenvalue weighted by atomic mass is 19.4. The van der Waals surface area contributed by atoms with E-state index in [1.165, 1.54) is 31.4 Å². The number of amides is 2. The van der Waals surface area contributed by atoms with Crippen LogP contribution in [0.4, 0.5) is 18.9 Å². The van der Waals surface area contributed by atoms with Gasteiger partial charge in [0.2, 0.25) is 5.91 Å². The number of ether oxygens (including phenoxy) is 1. The number of methoxy groups -OCH3 is 1. The maximum atomic E-state index is 13.2. The molecule has 1 aliphatic heterocycles. The molecule has 8 heteroatoms. The van der Waals surface area contributed by atoms with Gasteiger partial charge in [-0.15, -0.1) is 0 Å². The van der Waals surface area contributed by atoms with E-state index in [0.717, 1.165) is 11.6 Å². The van der Waals surface area contributed by atoms with E-state index in [1.54, 1.807) is 6.07 Å². The molecule has 0 bridgehead atoms. The highest BCUT2D eigenvalue weighted by molar-refractivity contribution is 6.02. The third-order valence-electron chi connectivity index (χ3n) is 4.06. The quantitative estimate of drug-likeness (QED) is 0.876. The van der Waals surface area contributed by atoms with Gasteiger partial charge in [0.25, 0.3) is 5.91 Å². The Morgan fingerprint density at radius 1 is 1.23 bits per heavy atom. The van der Waals surface area contributed by atoms with Crippen LogP contribution >= 0.6 is 0 Å². The second-order valence-electron chi connectivity index (χ2n) is 5.80. The lowest BCUT2D eigenvalue weighted by Crippen LogP contribution is -2.24. The van der Waals surface area contributed by atoms with Gasteiger partial charge in [-0.05, 0) is 35.4 Å². The highest BCUT2D eigenvalue weighted by Gasteiger charge is 2.33. The lowest BCUT2D eigenvalue weighted by Gasteiger charge is -2.15. The average molecular weight is 364 g/mol. The number of anilines is 1. The number of carbonyl (C=O) groups is 2. The van der Waals surface area contributed by atoms with Gasteiger partial charge in [0, 0.05) is 17.8 Å². The standard InChI is InChI=1S/C18H15F3N2O3/c1-26-13-5-4-12(14(8-13)18(19,20)21)9-22-17(25)11-3-2-10-7-16(24)23-15(10)6-11/h2-6,8H,7,9H2,1H3,(H,22,25)(H,23,24). The first-order valence-corrected chi connectivity index (χ1v) is 7.73. The van der Waals surface area contributed by atoms with Crippen molar-refractivity contribution in [2.45, 2.75) is 19.1 Å². The van der Waals surface area contributed by atoms with E-state index >= 15 is 0 Å². The maximum Gasteiger partial charge on any atom is 0.416 e. The normalized spacial score (nSPS) is 13.2. The minimum absolute atomic E-state index is 0.0684. The van der Waals surface area contributed by atoms with Gasteiger partial charge in [0.1, 0.15) is 5.75 Å². The fourth-order valence-corrected chi connectivity index (χ4v) is 2.73. The molecule has 3 rings (SSSR count). The van der Waals surface area contributed by atoms with E-state index in [-0.39, 0.29) is 35.7 Å². The summed E-state index contributed by atoms with van der Waals surface area (Å²) >= 11 is 0. The molecule has 2 aromatic rings. The molecular formula is C18H15F3N2O3. The molecule has 1 aliphatic rings. The van der Waals surface area contributed by atoms with E-state index < -0.39 is 17.6 Å². The summed E-state index contributed by atoms with van der Waals surface area (Å²) in [4.78, 5) is 23.6. The molecule has 0 fully saturated rings. The number of hydrogen-bond donors (Lipinski definition) is 2. The van der Waals surface area contributed by atoms with E-state index in [4.69, 9.17) is 4.74 Å². The zero-order valence-corrected chi connectivity index (χ0v) is 13.7. The summed E-state index contributed by atoms with van der Waals surface area (Å²) in [5.74, 6) is -0.606. The fourth-order valence-electron chi connectivity index (χ4n) is 2.73. The number of halogens is 3. The fraction of sp³-hybridized carbons (Fsp3) is 0.222. The lowest BCUT2D eigenvalue weighted by atomic mass is 10.1. The van der Waals surface area contributed by atoms with E-state index in [9.17, 15) is 22.8 Å². The monoisotopic (exact) mass is 364 g/mol. The van der Waals surface area contributed by atoms with Crippen LogP contribution in [0.1, 0.15) is 27.0 Å². The Labute approximate surface area is 147 Å². The Morgan fingerprint density at radius 2 is 2.00 bits per heavy atom. The number of fused-ring (bicyclic) bond motifs is 1.